The van der Waals surface area contributed by atoms with Gasteiger partial charge in [-0.05, 0) is 89.6 Å². The molecule has 0 fully saturated rings. The second kappa shape index (κ2) is 25.6. The van der Waals surface area contributed by atoms with E-state index in [1.165, 1.54) is 12.1 Å². The molecule has 14 heteroatoms. The normalized spacial score (nSPS) is 10.1. The van der Waals surface area contributed by atoms with Gasteiger partial charge in [0.2, 0.25) is 17.7 Å². The summed E-state index contributed by atoms with van der Waals surface area (Å²) in [5.41, 5.74) is 4.34. The molecular formula is C51H46FN9O4. The number of ether oxygens (including phenoxy) is 1. The molecule has 0 radical (unpaired) electrons. The number of rotatable bonds is 12. The van der Waals surface area contributed by atoms with Gasteiger partial charge in [-0.3, -0.25) is 0 Å². The van der Waals surface area contributed by atoms with E-state index in [1.807, 2.05) is 92.7 Å². The molecule has 0 N–H and O–H groups in total. The van der Waals surface area contributed by atoms with Crippen LogP contribution in [-0.2, 0) is 32.1 Å². The number of benzene rings is 2. The molecule has 0 saturated heterocycles. The fraction of sp³-hybridized carbons (Fsp3) is 0.235. The average Bonchev–Trinajstić information content (AvgIpc) is 4.13. The zero-order valence-electron chi connectivity index (χ0n) is 36.3. The van der Waals surface area contributed by atoms with E-state index >= 15 is 0 Å². The van der Waals surface area contributed by atoms with E-state index in [9.17, 15) is 4.39 Å². The molecule has 0 spiro atoms. The van der Waals surface area contributed by atoms with E-state index in [-0.39, 0.29) is 5.82 Å². The monoisotopic (exact) mass is 867 g/mol. The van der Waals surface area contributed by atoms with E-state index in [2.05, 4.69) is 80.9 Å². The summed E-state index contributed by atoms with van der Waals surface area (Å²) in [7, 11) is 1.65. The Hall–Kier alpha value is -8.28. The minimum Gasteiger partial charge on any atom is -0.497 e. The number of nitrogens with zero attached hydrogens (tertiary/aromatic N) is 9. The fourth-order valence-corrected chi connectivity index (χ4v) is 5.52. The van der Waals surface area contributed by atoms with Crippen LogP contribution < -0.4 is 4.74 Å². The first-order chi connectivity index (χ1) is 31.9. The Balaban J connectivity index is 0.000000163. The molecule has 13 nitrogen and oxygen atoms in total. The molecule has 0 amide bonds. The predicted octanol–water partition coefficient (Wildman–Crippen LogP) is 8.80. The smallest absolute Gasteiger partial charge is 0.227 e. The van der Waals surface area contributed by atoms with Gasteiger partial charge in [-0.15, -0.1) is 0 Å². The molecule has 65 heavy (non-hydrogen) atoms. The topological polar surface area (TPSA) is 165 Å². The lowest BCUT2D eigenvalue weighted by molar-refractivity contribution is 0.372. The van der Waals surface area contributed by atoms with Crippen LogP contribution >= 0.6 is 0 Å². The Morgan fingerprint density at radius 2 is 0.938 bits per heavy atom. The van der Waals surface area contributed by atoms with Crippen LogP contribution in [0, 0.1) is 41.3 Å². The van der Waals surface area contributed by atoms with Crippen molar-refractivity contribution in [3.63, 3.8) is 0 Å². The Morgan fingerprint density at radius 1 is 0.523 bits per heavy atom. The van der Waals surface area contributed by atoms with Crippen LogP contribution in [0.2, 0.25) is 0 Å². The molecular weight excluding hydrogens is 822 g/mol. The molecule has 0 saturated carbocycles. The van der Waals surface area contributed by atoms with E-state index < -0.39 is 0 Å². The van der Waals surface area contributed by atoms with Crippen LogP contribution in [-0.4, -0.2) is 52.5 Å². The van der Waals surface area contributed by atoms with Gasteiger partial charge in [0.25, 0.3) is 0 Å². The Labute approximate surface area is 377 Å². The number of methoxy groups -OCH3 is 1. The molecule has 0 atom stereocenters. The highest BCUT2D eigenvalue weighted by Crippen LogP contribution is 2.15. The van der Waals surface area contributed by atoms with Crippen molar-refractivity contribution in [2.24, 2.45) is 0 Å². The summed E-state index contributed by atoms with van der Waals surface area (Å²) in [5, 5.41) is 11.8. The molecule has 0 aliphatic heterocycles. The number of hydrogen-bond acceptors (Lipinski definition) is 13. The zero-order chi connectivity index (χ0) is 45.3. The lowest BCUT2D eigenvalue weighted by atomic mass is 10.1. The summed E-state index contributed by atoms with van der Waals surface area (Å²) < 4.78 is 33.6. The number of aryl methyl sites for hydroxylation is 3. The van der Waals surface area contributed by atoms with E-state index in [0.717, 1.165) is 39.8 Å². The minimum atomic E-state index is -0.256. The highest BCUT2D eigenvalue weighted by Gasteiger charge is 2.10. The predicted molar refractivity (Wildman–Crippen MR) is 240 cm³/mol. The zero-order valence-corrected chi connectivity index (χ0v) is 36.3. The molecule has 0 unspecified atom stereocenters. The van der Waals surface area contributed by atoms with E-state index in [0.29, 0.717) is 86.6 Å². The number of aromatic nitrogens is 9. The van der Waals surface area contributed by atoms with Gasteiger partial charge in [0.15, 0.2) is 17.5 Å². The van der Waals surface area contributed by atoms with E-state index in [4.69, 9.17) is 18.3 Å². The van der Waals surface area contributed by atoms with Crippen molar-refractivity contribution in [1.29, 1.82) is 0 Å². The first kappa shape index (κ1) is 46.2. The number of halogens is 1. The second-order valence-electron chi connectivity index (χ2n) is 14.3. The van der Waals surface area contributed by atoms with Crippen molar-refractivity contribution in [2.45, 2.75) is 71.1 Å². The summed E-state index contributed by atoms with van der Waals surface area (Å²) in [6, 6.07) is 31.1. The molecule has 326 valence electrons. The highest BCUT2D eigenvalue weighted by atomic mass is 19.1. The third-order valence-corrected chi connectivity index (χ3v) is 8.85. The van der Waals surface area contributed by atoms with Gasteiger partial charge in [-0.25, -0.2) is 19.3 Å². The molecule has 6 heterocycles. The van der Waals surface area contributed by atoms with Crippen molar-refractivity contribution in [3.05, 3.63) is 191 Å². The van der Waals surface area contributed by atoms with Gasteiger partial charge in [0.05, 0.1) is 7.11 Å². The molecule has 0 aliphatic carbocycles. The van der Waals surface area contributed by atoms with Crippen LogP contribution in [0.25, 0.3) is 0 Å². The molecule has 8 aromatic rings. The fourth-order valence-electron chi connectivity index (χ4n) is 5.52. The minimum absolute atomic E-state index is 0.256. The molecule has 0 aliphatic rings. The maximum atomic E-state index is 12.9. The number of hydrogen-bond donors (Lipinski definition) is 0. The quantitative estimate of drug-likeness (QED) is 0.107. The average molecular weight is 868 g/mol. The summed E-state index contributed by atoms with van der Waals surface area (Å²) in [6.45, 7) is 4.07. The lowest BCUT2D eigenvalue weighted by Gasteiger charge is -2.00. The van der Waals surface area contributed by atoms with Gasteiger partial charge in [0, 0.05) is 75.9 Å². The Morgan fingerprint density at radius 3 is 1.32 bits per heavy atom. The van der Waals surface area contributed by atoms with Crippen molar-refractivity contribution in [1.82, 2.24) is 45.4 Å². The largest absolute Gasteiger partial charge is 0.497 e. The summed E-state index contributed by atoms with van der Waals surface area (Å²) in [5.74, 6) is 22.8. The van der Waals surface area contributed by atoms with Crippen molar-refractivity contribution >= 4 is 0 Å². The van der Waals surface area contributed by atoms with Gasteiger partial charge in [-0.2, -0.15) is 15.0 Å². The first-order valence-corrected chi connectivity index (χ1v) is 20.9. The molecule has 0 bridgehead atoms. The van der Waals surface area contributed by atoms with Gasteiger partial charge in [-0.1, -0.05) is 89.5 Å². The van der Waals surface area contributed by atoms with Gasteiger partial charge in [0.1, 0.15) is 28.6 Å². The Bertz CT molecular complexity index is 2810. The third-order valence-electron chi connectivity index (χ3n) is 8.85. The van der Waals surface area contributed by atoms with Crippen LogP contribution in [0.5, 0.6) is 5.75 Å². The van der Waals surface area contributed by atoms with Crippen LogP contribution in [0.3, 0.4) is 0 Å². The van der Waals surface area contributed by atoms with Crippen LogP contribution in [0.1, 0.15) is 102 Å². The summed E-state index contributed by atoms with van der Waals surface area (Å²) >= 11 is 0. The van der Waals surface area contributed by atoms with E-state index in [1.54, 1.807) is 37.8 Å². The van der Waals surface area contributed by atoms with Crippen LogP contribution in [0.4, 0.5) is 4.39 Å². The van der Waals surface area contributed by atoms with Crippen molar-refractivity contribution in [2.75, 3.05) is 7.11 Å². The summed E-state index contributed by atoms with van der Waals surface area (Å²) in [6.07, 6.45) is 10.2. The molecule has 6 aromatic heterocycles. The number of pyridine rings is 3. The highest BCUT2D eigenvalue weighted by molar-refractivity contribution is 5.30. The third kappa shape index (κ3) is 16.8. The molecule has 2 aromatic carbocycles. The SMILES string of the molecule is CC(C)c1noc(CCC#Cc2ccccn2)n1.COc1ccc(Cc2noc(CCC#Cc3ccccn3)n2)cc1.Fc1ccc(Cc2noc(CCC#Cc3ccccn3)n2)cc1. The second-order valence-corrected chi connectivity index (χ2v) is 14.3. The van der Waals surface area contributed by atoms with Gasteiger partial charge >= 0.3 is 0 Å². The lowest BCUT2D eigenvalue weighted by Crippen LogP contribution is -1.92. The van der Waals surface area contributed by atoms with Gasteiger partial charge < -0.3 is 18.3 Å². The Kier molecular flexibility index (Phi) is 18.2. The maximum Gasteiger partial charge on any atom is 0.227 e. The van der Waals surface area contributed by atoms with Crippen molar-refractivity contribution in [3.8, 4) is 41.3 Å². The van der Waals surface area contributed by atoms with Crippen LogP contribution in [0.15, 0.2) is 135 Å². The summed E-state index contributed by atoms with van der Waals surface area (Å²) in [4.78, 5) is 25.4. The van der Waals surface area contributed by atoms with Crippen molar-refractivity contribution < 1.29 is 22.7 Å². The molecule has 8 rings (SSSR count). The standard InChI is InChI=1S/C19H17N3O2.C18H14FN3O.C14H15N3O/c1-23-17-11-9-15(10-12-17)14-18-21-19(24-22-18)8-3-2-6-16-7-4-5-13-20-16;19-15-10-8-14(9-11-15)13-17-21-18(23-22-17)7-2-1-5-16-6-3-4-12-20-16;1-11(2)14-16-13(18-17-14)9-4-3-7-12-8-5-6-10-15-12/h4-5,7,9-13H,3,8,14H2,1H3;3-4,6,8-12H,2,7,13H2;5-6,8,10-11H,4,9H2,1-2H3. The maximum absolute atomic E-state index is 12.9. The first-order valence-electron chi connectivity index (χ1n) is 20.9.